The lowest BCUT2D eigenvalue weighted by atomic mass is 9.90. The van der Waals surface area contributed by atoms with E-state index in [-0.39, 0.29) is 6.04 Å². The molecule has 0 bridgehead atoms. The minimum absolute atomic E-state index is 0.304. The van der Waals surface area contributed by atoms with E-state index in [4.69, 9.17) is 5.73 Å². The van der Waals surface area contributed by atoms with E-state index in [1.807, 2.05) is 0 Å². The molecule has 0 radical (unpaired) electrons. The van der Waals surface area contributed by atoms with E-state index < -0.39 is 6.10 Å². The van der Waals surface area contributed by atoms with Crippen molar-refractivity contribution in [3.8, 4) is 0 Å². The molecule has 0 unspecified atom stereocenters. The molecule has 126 valence electrons. The SMILES string of the molecule is CCn1c2ccccc2c2cc([C@H](N)[C@H](O)C3CCCC3)ccc21. The number of hydrogen-bond donors (Lipinski definition) is 2. The Morgan fingerprint density at radius 1 is 1.08 bits per heavy atom. The van der Waals surface area contributed by atoms with Crippen molar-refractivity contribution in [3.63, 3.8) is 0 Å². The Hall–Kier alpha value is -1.84. The number of aliphatic hydroxyl groups excluding tert-OH is 1. The third-order valence-corrected chi connectivity index (χ3v) is 5.75. The van der Waals surface area contributed by atoms with Gasteiger partial charge in [-0.05, 0) is 49.4 Å². The van der Waals surface area contributed by atoms with Crippen molar-refractivity contribution in [1.82, 2.24) is 4.57 Å². The van der Waals surface area contributed by atoms with Gasteiger partial charge in [0.2, 0.25) is 0 Å². The number of fused-ring (bicyclic) bond motifs is 3. The molecule has 4 rings (SSSR count). The zero-order chi connectivity index (χ0) is 16.7. The summed E-state index contributed by atoms with van der Waals surface area (Å²) >= 11 is 0. The Bertz CT molecular complexity index is 861. The lowest BCUT2D eigenvalue weighted by Gasteiger charge is -2.24. The maximum atomic E-state index is 10.7. The second-order valence-electron chi connectivity index (χ2n) is 7.10. The summed E-state index contributed by atoms with van der Waals surface area (Å²) in [5, 5.41) is 13.2. The van der Waals surface area contributed by atoms with E-state index in [2.05, 4.69) is 54.0 Å². The first-order valence-electron chi connectivity index (χ1n) is 9.15. The van der Waals surface area contributed by atoms with Crippen LogP contribution in [0, 0.1) is 5.92 Å². The Balaban J connectivity index is 1.79. The minimum atomic E-state index is -0.440. The lowest BCUT2D eigenvalue weighted by molar-refractivity contribution is 0.0845. The van der Waals surface area contributed by atoms with Gasteiger partial charge in [0.15, 0.2) is 0 Å². The van der Waals surface area contributed by atoms with Crippen molar-refractivity contribution in [2.45, 2.75) is 51.3 Å². The highest BCUT2D eigenvalue weighted by atomic mass is 16.3. The first-order valence-corrected chi connectivity index (χ1v) is 9.15. The van der Waals surface area contributed by atoms with Gasteiger partial charge >= 0.3 is 0 Å². The van der Waals surface area contributed by atoms with Crippen LogP contribution in [-0.4, -0.2) is 15.8 Å². The molecule has 3 N–H and O–H groups in total. The number of nitrogens with zero attached hydrogens (tertiary/aromatic N) is 1. The van der Waals surface area contributed by atoms with Gasteiger partial charge in [-0.15, -0.1) is 0 Å². The van der Waals surface area contributed by atoms with Crippen LogP contribution in [0.3, 0.4) is 0 Å². The fourth-order valence-corrected chi connectivity index (χ4v) is 4.41. The molecule has 1 aliphatic carbocycles. The van der Waals surface area contributed by atoms with Crippen LogP contribution >= 0.6 is 0 Å². The molecule has 1 aliphatic rings. The highest BCUT2D eigenvalue weighted by molar-refractivity contribution is 6.08. The summed E-state index contributed by atoms with van der Waals surface area (Å²) in [6, 6.07) is 14.7. The molecule has 2 aromatic carbocycles. The standard InChI is InChI=1S/C21H26N2O/c1-2-23-18-10-6-5-9-16(18)17-13-15(11-12-19(17)23)20(22)21(24)14-7-3-4-8-14/h5-6,9-14,20-21,24H,2-4,7-8,22H2,1H3/t20-,21+/m0/s1. The normalized spacial score (nSPS) is 18.5. The van der Waals surface area contributed by atoms with Gasteiger partial charge in [-0.25, -0.2) is 0 Å². The van der Waals surface area contributed by atoms with Crippen LogP contribution in [0.5, 0.6) is 0 Å². The monoisotopic (exact) mass is 322 g/mol. The van der Waals surface area contributed by atoms with Gasteiger partial charge in [0, 0.05) is 28.4 Å². The van der Waals surface area contributed by atoms with E-state index in [1.165, 1.54) is 34.6 Å². The third kappa shape index (κ3) is 2.43. The summed E-state index contributed by atoms with van der Waals surface area (Å²) in [6.07, 6.45) is 4.21. The van der Waals surface area contributed by atoms with Gasteiger partial charge in [0.05, 0.1) is 12.1 Å². The van der Waals surface area contributed by atoms with E-state index in [0.29, 0.717) is 5.92 Å². The van der Waals surface area contributed by atoms with Gasteiger partial charge < -0.3 is 15.4 Å². The molecule has 0 amide bonds. The van der Waals surface area contributed by atoms with Crippen molar-refractivity contribution in [1.29, 1.82) is 0 Å². The van der Waals surface area contributed by atoms with Crippen LogP contribution in [0.4, 0.5) is 0 Å². The zero-order valence-electron chi connectivity index (χ0n) is 14.3. The van der Waals surface area contributed by atoms with E-state index in [0.717, 1.165) is 24.9 Å². The maximum absolute atomic E-state index is 10.7. The fraction of sp³-hybridized carbons (Fsp3) is 0.429. The molecule has 1 saturated carbocycles. The smallest absolute Gasteiger partial charge is 0.0760 e. The summed E-state index contributed by atoms with van der Waals surface area (Å²) in [7, 11) is 0. The highest BCUT2D eigenvalue weighted by Gasteiger charge is 2.29. The van der Waals surface area contributed by atoms with Crippen LogP contribution in [0.2, 0.25) is 0 Å². The van der Waals surface area contributed by atoms with Crippen molar-refractivity contribution >= 4 is 21.8 Å². The summed E-state index contributed by atoms with van der Waals surface area (Å²) < 4.78 is 2.34. The van der Waals surface area contributed by atoms with Crippen LogP contribution in [0.15, 0.2) is 42.5 Å². The van der Waals surface area contributed by atoms with E-state index >= 15 is 0 Å². The molecule has 2 atom stereocenters. The number of para-hydroxylation sites is 1. The van der Waals surface area contributed by atoms with Crippen molar-refractivity contribution in [3.05, 3.63) is 48.0 Å². The Labute approximate surface area is 143 Å². The number of benzene rings is 2. The summed E-state index contributed by atoms with van der Waals surface area (Å²) in [5.74, 6) is 0.354. The minimum Gasteiger partial charge on any atom is -0.391 e. The van der Waals surface area contributed by atoms with Crippen LogP contribution in [0.25, 0.3) is 21.8 Å². The molecule has 1 fully saturated rings. The van der Waals surface area contributed by atoms with E-state index in [9.17, 15) is 5.11 Å². The van der Waals surface area contributed by atoms with Gasteiger partial charge in [-0.1, -0.05) is 37.1 Å². The molecule has 24 heavy (non-hydrogen) atoms. The second-order valence-corrected chi connectivity index (χ2v) is 7.10. The molecule has 1 aromatic heterocycles. The Morgan fingerprint density at radius 2 is 1.79 bits per heavy atom. The number of aromatic nitrogens is 1. The quantitative estimate of drug-likeness (QED) is 0.749. The van der Waals surface area contributed by atoms with Crippen LogP contribution in [0.1, 0.15) is 44.2 Å². The molecular formula is C21H26N2O. The number of aliphatic hydroxyl groups is 1. The summed E-state index contributed by atoms with van der Waals surface area (Å²) in [6.45, 7) is 3.12. The lowest BCUT2D eigenvalue weighted by Crippen LogP contribution is -2.31. The van der Waals surface area contributed by atoms with Gasteiger partial charge in [0.25, 0.3) is 0 Å². The van der Waals surface area contributed by atoms with Crippen molar-refractivity contribution in [2.24, 2.45) is 11.7 Å². The number of rotatable bonds is 4. The third-order valence-electron chi connectivity index (χ3n) is 5.75. The molecule has 3 aromatic rings. The summed E-state index contributed by atoms with van der Waals surface area (Å²) in [5.41, 5.74) is 9.98. The molecule has 0 aliphatic heterocycles. The summed E-state index contributed by atoms with van der Waals surface area (Å²) in [4.78, 5) is 0. The van der Waals surface area contributed by atoms with E-state index in [1.54, 1.807) is 0 Å². The second kappa shape index (κ2) is 6.23. The molecule has 0 spiro atoms. The van der Waals surface area contributed by atoms with Crippen molar-refractivity contribution in [2.75, 3.05) is 0 Å². The zero-order valence-corrected chi connectivity index (χ0v) is 14.3. The molecular weight excluding hydrogens is 296 g/mol. The number of aryl methyl sites for hydroxylation is 1. The predicted octanol–water partition coefficient (Wildman–Crippen LogP) is 4.37. The molecule has 0 saturated heterocycles. The predicted molar refractivity (Wildman–Crippen MR) is 100 cm³/mol. The van der Waals surface area contributed by atoms with Crippen molar-refractivity contribution < 1.29 is 5.11 Å². The number of hydrogen-bond acceptors (Lipinski definition) is 2. The Morgan fingerprint density at radius 3 is 2.54 bits per heavy atom. The largest absolute Gasteiger partial charge is 0.391 e. The van der Waals surface area contributed by atoms with Gasteiger partial charge in [-0.2, -0.15) is 0 Å². The first-order chi connectivity index (χ1) is 11.7. The first kappa shape index (κ1) is 15.7. The molecule has 1 heterocycles. The fourth-order valence-electron chi connectivity index (χ4n) is 4.41. The van der Waals surface area contributed by atoms with Crippen LogP contribution < -0.4 is 5.73 Å². The van der Waals surface area contributed by atoms with Gasteiger partial charge in [0.1, 0.15) is 0 Å². The number of nitrogens with two attached hydrogens (primary N) is 1. The Kier molecular flexibility index (Phi) is 4.07. The average Bonchev–Trinajstić information content (AvgIpc) is 3.26. The highest BCUT2D eigenvalue weighted by Crippen LogP contribution is 2.35. The van der Waals surface area contributed by atoms with Crippen LogP contribution in [-0.2, 0) is 6.54 Å². The molecule has 3 heteroatoms. The maximum Gasteiger partial charge on any atom is 0.0760 e. The van der Waals surface area contributed by atoms with Gasteiger partial charge in [-0.3, -0.25) is 0 Å². The average molecular weight is 322 g/mol. The topological polar surface area (TPSA) is 51.2 Å². The molecule has 3 nitrogen and oxygen atoms in total.